The van der Waals surface area contributed by atoms with E-state index in [0.29, 0.717) is 24.9 Å². The number of aryl methyl sites for hydroxylation is 1. The molecule has 0 amide bonds. The first-order valence-corrected chi connectivity index (χ1v) is 8.50. The zero-order chi connectivity index (χ0) is 18.1. The summed E-state index contributed by atoms with van der Waals surface area (Å²) in [6, 6.07) is 13.3. The number of halogens is 1. The highest BCUT2D eigenvalue weighted by Gasteiger charge is 2.26. The summed E-state index contributed by atoms with van der Waals surface area (Å²) in [6.07, 6.45) is 0. The highest BCUT2D eigenvalue weighted by Crippen LogP contribution is 2.22. The number of para-hydroxylation sites is 1. The number of aliphatic imine (C=N–C) groups is 1. The lowest BCUT2D eigenvalue weighted by Crippen LogP contribution is -2.40. The molecule has 1 aromatic heterocycles. The van der Waals surface area contributed by atoms with Crippen LogP contribution in [0.2, 0.25) is 0 Å². The highest BCUT2D eigenvalue weighted by atomic mass is 127. The molecule has 1 aromatic carbocycles. The van der Waals surface area contributed by atoms with Gasteiger partial charge in [0.05, 0.1) is 13.1 Å². The zero-order valence-corrected chi connectivity index (χ0v) is 17.8. The van der Waals surface area contributed by atoms with Crippen molar-refractivity contribution in [2.45, 2.75) is 26.4 Å². The number of nitrogens with zero attached hydrogens (tertiary/aromatic N) is 1. The lowest BCUT2D eigenvalue weighted by molar-refractivity contribution is 0.0428. The molecule has 2 aromatic rings. The Kier molecular flexibility index (Phi) is 9.50. The normalized spacial score (nSPS) is 13.5. The van der Waals surface area contributed by atoms with Crippen LogP contribution in [0.4, 0.5) is 0 Å². The van der Waals surface area contributed by atoms with Crippen LogP contribution in [0.15, 0.2) is 51.9 Å². The van der Waals surface area contributed by atoms with Gasteiger partial charge in [-0.2, -0.15) is 0 Å². The van der Waals surface area contributed by atoms with Gasteiger partial charge in [-0.15, -0.1) is 24.0 Å². The van der Waals surface area contributed by atoms with Gasteiger partial charge in [0.25, 0.3) is 0 Å². The van der Waals surface area contributed by atoms with Crippen molar-refractivity contribution in [1.29, 1.82) is 0 Å². The number of hydrogen-bond donors (Lipinski definition) is 3. The third-order valence-electron chi connectivity index (χ3n) is 3.57. The van der Waals surface area contributed by atoms with E-state index in [-0.39, 0.29) is 30.5 Å². The maximum Gasteiger partial charge on any atom is 0.191 e. The molecular formula is C19H28IN3O3. The molecule has 0 spiro atoms. The number of nitrogens with one attached hydrogen (secondary N) is 2. The second-order valence-electron chi connectivity index (χ2n) is 5.97. The first kappa shape index (κ1) is 22.3. The molecule has 0 saturated carbocycles. The Labute approximate surface area is 172 Å². The summed E-state index contributed by atoms with van der Waals surface area (Å²) in [7, 11) is 0. The van der Waals surface area contributed by atoms with E-state index in [2.05, 4.69) is 15.6 Å². The molecule has 0 saturated heterocycles. The first-order chi connectivity index (χ1) is 12.0. The number of ether oxygens (including phenoxy) is 1. The minimum absolute atomic E-state index is 0. The van der Waals surface area contributed by atoms with Crippen molar-refractivity contribution < 1.29 is 14.3 Å². The number of aliphatic hydroxyl groups is 1. The van der Waals surface area contributed by atoms with Crippen LogP contribution in [0.5, 0.6) is 5.75 Å². The van der Waals surface area contributed by atoms with E-state index in [9.17, 15) is 5.11 Å². The molecule has 1 atom stereocenters. The van der Waals surface area contributed by atoms with Gasteiger partial charge in [0.2, 0.25) is 0 Å². The molecule has 6 nitrogen and oxygen atoms in total. The Bertz CT molecular complexity index is 672. The van der Waals surface area contributed by atoms with Crippen LogP contribution in [0.1, 0.15) is 25.4 Å². The van der Waals surface area contributed by atoms with Crippen molar-refractivity contribution in [3.05, 3.63) is 54.0 Å². The third kappa shape index (κ3) is 7.25. The second-order valence-corrected chi connectivity index (χ2v) is 5.97. The van der Waals surface area contributed by atoms with Crippen LogP contribution >= 0.6 is 24.0 Å². The number of rotatable bonds is 8. The molecule has 0 aliphatic carbocycles. The van der Waals surface area contributed by atoms with Gasteiger partial charge in [-0.1, -0.05) is 18.2 Å². The average Bonchev–Trinajstić information content (AvgIpc) is 3.05. The summed E-state index contributed by atoms with van der Waals surface area (Å²) in [5.41, 5.74) is -1.16. The topological polar surface area (TPSA) is 79.0 Å². The van der Waals surface area contributed by atoms with Crippen molar-refractivity contribution >= 4 is 29.9 Å². The lowest BCUT2D eigenvalue weighted by atomic mass is 10.0. The fourth-order valence-electron chi connectivity index (χ4n) is 2.23. The highest BCUT2D eigenvalue weighted by molar-refractivity contribution is 14.0. The summed E-state index contributed by atoms with van der Waals surface area (Å²) in [5.74, 6) is 2.74. The third-order valence-corrected chi connectivity index (χ3v) is 3.57. The van der Waals surface area contributed by atoms with Crippen LogP contribution in [0.3, 0.4) is 0 Å². The van der Waals surface area contributed by atoms with Crippen LogP contribution in [0, 0.1) is 6.92 Å². The largest absolute Gasteiger partial charge is 0.492 e. The molecule has 3 N–H and O–H groups in total. The molecule has 0 fully saturated rings. The average molecular weight is 473 g/mol. The van der Waals surface area contributed by atoms with Gasteiger partial charge in [0, 0.05) is 6.54 Å². The molecule has 0 aliphatic heterocycles. The Morgan fingerprint density at radius 1 is 1.19 bits per heavy atom. The minimum atomic E-state index is -1.16. The van der Waals surface area contributed by atoms with Gasteiger partial charge in [-0.05, 0) is 45.0 Å². The summed E-state index contributed by atoms with van der Waals surface area (Å²) in [5, 5.41) is 16.9. The summed E-state index contributed by atoms with van der Waals surface area (Å²) in [6.45, 7) is 7.57. The van der Waals surface area contributed by atoms with Gasteiger partial charge in [-0.3, -0.25) is 0 Å². The molecule has 0 radical (unpaired) electrons. The maximum absolute atomic E-state index is 10.6. The van der Waals surface area contributed by atoms with E-state index >= 15 is 0 Å². The van der Waals surface area contributed by atoms with E-state index in [0.717, 1.165) is 18.1 Å². The van der Waals surface area contributed by atoms with Gasteiger partial charge < -0.3 is 24.9 Å². The monoisotopic (exact) mass is 473 g/mol. The predicted octanol–water partition coefficient (Wildman–Crippen LogP) is 3.05. The van der Waals surface area contributed by atoms with Crippen LogP contribution in [0.25, 0.3) is 0 Å². The molecule has 0 aliphatic rings. The van der Waals surface area contributed by atoms with Gasteiger partial charge in [-0.25, -0.2) is 4.99 Å². The predicted molar refractivity (Wildman–Crippen MR) is 114 cm³/mol. The lowest BCUT2D eigenvalue weighted by Gasteiger charge is -2.19. The SMILES string of the molecule is CCNC(=NCC(C)(O)c1ccc(C)o1)NCCOc1ccccc1.I. The zero-order valence-electron chi connectivity index (χ0n) is 15.5. The van der Waals surface area contributed by atoms with Crippen molar-refractivity contribution in [3.8, 4) is 5.75 Å². The second kappa shape index (κ2) is 11.1. The fraction of sp³-hybridized carbons (Fsp3) is 0.421. The Morgan fingerprint density at radius 2 is 1.92 bits per heavy atom. The standard InChI is InChI=1S/C19H27N3O3.HI/c1-4-20-18(21-12-13-24-16-8-6-5-7-9-16)22-14-19(3,23)17-11-10-15(2)25-17;/h5-11,23H,4,12-14H2,1-3H3,(H2,20,21,22);1H. The van der Waals surface area contributed by atoms with Crippen LogP contribution in [-0.4, -0.2) is 37.3 Å². The maximum atomic E-state index is 10.6. The molecule has 1 unspecified atom stereocenters. The van der Waals surface area contributed by atoms with Crippen LogP contribution in [-0.2, 0) is 5.60 Å². The molecule has 26 heavy (non-hydrogen) atoms. The Morgan fingerprint density at radius 3 is 2.54 bits per heavy atom. The number of benzene rings is 1. The van der Waals surface area contributed by atoms with E-state index in [1.807, 2.05) is 50.2 Å². The van der Waals surface area contributed by atoms with E-state index in [1.54, 1.807) is 13.0 Å². The van der Waals surface area contributed by atoms with Crippen molar-refractivity contribution in [2.75, 3.05) is 26.2 Å². The van der Waals surface area contributed by atoms with E-state index in [4.69, 9.17) is 9.15 Å². The molecule has 144 valence electrons. The quantitative estimate of drug-likeness (QED) is 0.238. The fourth-order valence-corrected chi connectivity index (χ4v) is 2.23. The number of hydrogen-bond acceptors (Lipinski definition) is 4. The smallest absolute Gasteiger partial charge is 0.191 e. The van der Waals surface area contributed by atoms with Gasteiger partial charge in [0.15, 0.2) is 5.96 Å². The first-order valence-electron chi connectivity index (χ1n) is 8.50. The van der Waals surface area contributed by atoms with Crippen molar-refractivity contribution in [1.82, 2.24) is 10.6 Å². The van der Waals surface area contributed by atoms with E-state index < -0.39 is 5.60 Å². The Balaban J connectivity index is 0.00000338. The number of guanidine groups is 1. The van der Waals surface area contributed by atoms with Gasteiger partial charge >= 0.3 is 0 Å². The molecule has 2 rings (SSSR count). The molecule has 7 heteroatoms. The van der Waals surface area contributed by atoms with Crippen molar-refractivity contribution in [3.63, 3.8) is 0 Å². The van der Waals surface area contributed by atoms with Crippen LogP contribution < -0.4 is 15.4 Å². The molecule has 1 heterocycles. The minimum Gasteiger partial charge on any atom is -0.492 e. The summed E-state index contributed by atoms with van der Waals surface area (Å²) < 4.78 is 11.2. The van der Waals surface area contributed by atoms with Gasteiger partial charge in [0.1, 0.15) is 29.5 Å². The summed E-state index contributed by atoms with van der Waals surface area (Å²) >= 11 is 0. The molecule has 0 bridgehead atoms. The molecular weight excluding hydrogens is 445 g/mol. The summed E-state index contributed by atoms with van der Waals surface area (Å²) in [4.78, 5) is 4.44. The Hall–Kier alpha value is -1.74. The van der Waals surface area contributed by atoms with E-state index in [1.165, 1.54) is 0 Å². The van der Waals surface area contributed by atoms with Crippen molar-refractivity contribution in [2.24, 2.45) is 4.99 Å². The number of furan rings is 1.